The van der Waals surface area contributed by atoms with Crippen LogP contribution in [0.1, 0.15) is 84.1 Å². The number of amides is 7. The van der Waals surface area contributed by atoms with Gasteiger partial charge in [0, 0.05) is 43.2 Å². The Labute approximate surface area is 371 Å². The third-order valence-corrected chi connectivity index (χ3v) is 11.4. The summed E-state index contributed by atoms with van der Waals surface area (Å²) in [7, 11) is 0. The molecule has 2 saturated heterocycles. The predicted molar refractivity (Wildman–Crippen MR) is 234 cm³/mol. The SMILES string of the molecule is CC(C)C[C@H](NC(=O)[C@@H](N)Cc1c[nH]c2ccccc12)C(=O)N1CCC[C@H]1C(=O)N1CCC[C@H]1C(=O)N[C@@H](CCCN=C(N)N)C(=O)N[C@H](C(=O)N[C@@H](CCC(N)=O)C(=O)O)[C@@H](C)O. The second-order valence-electron chi connectivity index (χ2n) is 16.9. The summed E-state index contributed by atoms with van der Waals surface area (Å²) in [5.74, 6) is -6.56. The summed E-state index contributed by atoms with van der Waals surface area (Å²) in [6.45, 7) is 5.52. The number of aliphatic hydroxyl groups excluding tert-OH is 1. The highest BCUT2D eigenvalue weighted by molar-refractivity contribution is 5.98. The van der Waals surface area contributed by atoms with Gasteiger partial charge in [0.05, 0.1) is 12.1 Å². The second-order valence-corrected chi connectivity index (χ2v) is 16.9. The highest BCUT2D eigenvalue weighted by Gasteiger charge is 2.44. The Kier molecular flexibility index (Phi) is 18.4. The van der Waals surface area contributed by atoms with Crippen LogP contribution in [-0.2, 0) is 44.8 Å². The molecule has 3 heterocycles. The van der Waals surface area contributed by atoms with E-state index in [0.29, 0.717) is 19.3 Å². The van der Waals surface area contributed by atoms with E-state index >= 15 is 0 Å². The van der Waals surface area contributed by atoms with Crippen LogP contribution in [0.4, 0.5) is 0 Å². The van der Waals surface area contributed by atoms with Gasteiger partial charge in [0.1, 0.15) is 36.3 Å². The number of primary amides is 1. The number of aliphatic imine (C=N–C) groups is 1. The van der Waals surface area contributed by atoms with Gasteiger partial charge in [0.25, 0.3) is 0 Å². The molecule has 2 fully saturated rings. The van der Waals surface area contributed by atoms with Crippen LogP contribution in [0.2, 0.25) is 0 Å². The van der Waals surface area contributed by atoms with Gasteiger partial charge in [-0.3, -0.25) is 38.6 Å². The van der Waals surface area contributed by atoms with Crippen molar-refractivity contribution in [3.8, 4) is 0 Å². The Hall–Kier alpha value is -6.29. The highest BCUT2D eigenvalue weighted by Crippen LogP contribution is 2.27. The van der Waals surface area contributed by atoms with Crippen molar-refractivity contribution in [3.05, 3.63) is 36.0 Å². The number of hydrogen-bond acceptors (Lipinski definition) is 11. The average Bonchev–Trinajstić information content (AvgIpc) is 4.02. The zero-order valence-electron chi connectivity index (χ0n) is 36.6. The molecule has 2 aliphatic rings. The number of aromatic amines is 1. The number of H-pyrrole nitrogens is 1. The molecular formula is C42H64N12O10. The molecule has 2 aliphatic heterocycles. The summed E-state index contributed by atoms with van der Waals surface area (Å²) in [6.07, 6.45) is 1.69. The first-order valence-electron chi connectivity index (χ1n) is 21.7. The second kappa shape index (κ2) is 23.4. The first kappa shape index (κ1) is 50.4. The Morgan fingerprint density at radius 1 is 0.828 bits per heavy atom. The molecule has 1 aromatic heterocycles. The molecule has 2 aromatic rings. The van der Waals surface area contributed by atoms with Crippen molar-refractivity contribution >= 4 is 64.2 Å². The number of nitrogens with zero attached hydrogens (tertiary/aromatic N) is 3. The third-order valence-electron chi connectivity index (χ3n) is 11.4. The van der Waals surface area contributed by atoms with Crippen molar-refractivity contribution < 1.29 is 48.6 Å². The molecule has 7 amide bonds. The molecule has 15 N–H and O–H groups in total. The van der Waals surface area contributed by atoms with E-state index in [9.17, 15) is 48.6 Å². The fraction of sp³-hybridized carbons (Fsp3) is 0.595. The number of benzene rings is 1. The first-order chi connectivity index (χ1) is 30.3. The lowest BCUT2D eigenvalue weighted by Gasteiger charge is -2.34. The maximum atomic E-state index is 14.3. The number of aromatic nitrogens is 1. The quantitative estimate of drug-likeness (QED) is 0.0321. The molecule has 0 bridgehead atoms. The fourth-order valence-corrected chi connectivity index (χ4v) is 8.09. The number of para-hydroxylation sites is 1. The number of likely N-dealkylation sites (tertiary alicyclic amines) is 2. The van der Waals surface area contributed by atoms with E-state index in [0.717, 1.165) is 16.5 Å². The number of carboxylic acid groups (broad SMARTS) is 1. The molecule has 0 radical (unpaired) electrons. The van der Waals surface area contributed by atoms with Crippen molar-refractivity contribution in [2.75, 3.05) is 19.6 Å². The van der Waals surface area contributed by atoms with Crippen LogP contribution in [0.3, 0.4) is 0 Å². The minimum Gasteiger partial charge on any atom is -0.480 e. The monoisotopic (exact) mass is 896 g/mol. The fourth-order valence-electron chi connectivity index (χ4n) is 8.09. The zero-order chi connectivity index (χ0) is 47.2. The van der Waals surface area contributed by atoms with Gasteiger partial charge in [-0.25, -0.2) is 4.79 Å². The third kappa shape index (κ3) is 13.9. The molecule has 22 heteroatoms. The number of guanidine groups is 1. The van der Waals surface area contributed by atoms with Gasteiger partial charge in [-0.1, -0.05) is 32.0 Å². The van der Waals surface area contributed by atoms with Crippen molar-refractivity contribution in [3.63, 3.8) is 0 Å². The summed E-state index contributed by atoms with van der Waals surface area (Å²) < 4.78 is 0. The standard InChI is InChI=1S/C42H64N12O10/c1-22(2)19-30(51-35(57)26(43)20-24-21-48-27-10-5-4-9-25(24)27)39(61)54-18-8-13-32(54)40(62)53-17-7-12-31(53)37(59)49-28(11-6-16-47-42(45)46)36(58)52-34(23(3)55)38(60)50-29(41(63)64)14-15-33(44)56/h4-5,9-10,21-23,26,28-32,34,48,55H,6-8,11-20,43H2,1-3H3,(H2,44,56)(H,49,59)(H,50,60)(H,51,57)(H,52,58)(H,63,64)(H4,45,46,47)/t23-,26+,28+,29+,30+,31+,32+,34+/m1/s1. The number of nitrogens with two attached hydrogens (primary N) is 4. The molecule has 352 valence electrons. The van der Waals surface area contributed by atoms with Gasteiger partial charge < -0.3 is 69.2 Å². The van der Waals surface area contributed by atoms with Crippen molar-refractivity contribution in [1.82, 2.24) is 36.1 Å². The van der Waals surface area contributed by atoms with Crippen LogP contribution in [0.5, 0.6) is 0 Å². The zero-order valence-corrected chi connectivity index (χ0v) is 36.6. The first-order valence-corrected chi connectivity index (χ1v) is 21.7. The molecule has 22 nitrogen and oxygen atoms in total. The van der Waals surface area contributed by atoms with Gasteiger partial charge >= 0.3 is 5.97 Å². The summed E-state index contributed by atoms with van der Waals surface area (Å²) in [6, 6.07) is -0.845. The molecule has 0 saturated carbocycles. The van der Waals surface area contributed by atoms with Gasteiger partial charge in [-0.05, 0) is 82.3 Å². The Balaban J connectivity index is 1.46. The maximum Gasteiger partial charge on any atom is 0.326 e. The van der Waals surface area contributed by atoms with Gasteiger partial charge in [0.15, 0.2) is 5.96 Å². The number of hydrogen-bond donors (Lipinski definition) is 11. The van der Waals surface area contributed by atoms with E-state index in [1.165, 1.54) is 16.7 Å². The highest BCUT2D eigenvalue weighted by atomic mass is 16.4. The van der Waals surface area contributed by atoms with Gasteiger partial charge in [-0.2, -0.15) is 0 Å². The Morgan fingerprint density at radius 2 is 1.48 bits per heavy atom. The van der Waals surface area contributed by atoms with Crippen molar-refractivity contribution in [2.45, 2.75) is 133 Å². The van der Waals surface area contributed by atoms with Crippen LogP contribution >= 0.6 is 0 Å². The summed E-state index contributed by atoms with van der Waals surface area (Å²) in [4.78, 5) is 116. The van der Waals surface area contributed by atoms with Crippen LogP contribution in [-0.4, -0.2) is 146 Å². The molecule has 64 heavy (non-hydrogen) atoms. The minimum absolute atomic E-state index is 0.00712. The Bertz CT molecular complexity index is 2040. The van der Waals surface area contributed by atoms with E-state index in [1.54, 1.807) is 6.20 Å². The number of rotatable bonds is 23. The van der Waals surface area contributed by atoms with Crippen LogP contribution in [0, 0.1) is 5.92 Å². The number of carbonyl (C=O) groups excluding carboxylic acids is 7. The van der Waals surface area contributed by atoms with E-state index in [2.05, 4.69) is 31.2 Å². The molecule has 1 aromatic carbocycles. The lowest BCUT2D eigenvalue weighted by Crippen LogP contribution is -2.60. The maximum absolute atomic E-state index is 14.3. The number of fused-ring (bicyclic) bond motifs is 1. The molecule has 0 unspecified atom stereocenters. The number of carbonyl (C=O) groups is 8. The lowest BCUT2D eigenvalue weighted by molar-refractivity contribution is -0.148. The smallest absolute Gasteiger partial charge is 0.326 e. The lowest BCUT2D eigenvalue weighted by atomic mass is 10.0. The van der Waals surface area contributed by atoms with E-state index < -0.39 is 95.7 Å². The Morgan fingerprint density at radius 3 is 2.12 bits per heavy atom. The van der Waals surface area contributed by atoms with Crippen LogP contribution in [0.15, 0.2) is 35.5 Å². The normalized spacial score (nSPS) is 18.9. The van der Waals surface area contributed by atoms with Crippen molar-refractivity contribution in [2.24, 2.45) is 33.8 Å². The number of nitrogens with one attached hydrogen (secondary N) is 5. The van der Waals surface area contributed by atoms with E-state index in [-0.39, 0.29) is 76.5 Å². The van der Waals surface area contributed by atoms with Crippen LogP contribution < -0.4 is 44.2 Å². The van der Waals surface area contributed by atoms with Gasteiger partial charge in [-0.15, -0.1) is 0 Å². The molecule has 0 aliphatic carbocycles. The molecular weight excluding hydrogens is 833 g/mol. The summed E-state index contributed by atoms with van der Waals surface area (Å²) >= 11 is 0. The number of carboxylic acids is 1. The number of aliphatic hydroxyl groups is 1. The molecule has 8 atom stereocenters. The minimum atomic E-state index is -1.69. The molecule has 4 rings (SSSR count). The summed E-state index contributed by atoms with van der Waals surface area (Å²) in [5, 5.41) is 31.1. The summed E-state index contributed by atoms with van der Waals surface area (Å²) in [5.41, 5.74) is 24.2. The van der Waals surface area contributed by atoms with E-state index in [1.807, 2.05) is 38.1 Å². The molecule has 0 spiro atoms. The topological polar surface area (TPSA) is 364 Å². The number of aliphatic carboxylic acids is 1. The van der Waals surface area contributed by atoms with Crippen molar-refractivity contribution in [1.29, 1.82) is 0 Å². The average molecular weight is 897 g/mol. The van der Waals surface area contributed by atoms with Gasteiger partial charge in [0.2, 0.25) is 41.4 Å². The largest absolute Gasteiger partial charge is 0.480 e. The van der Waals surface area contributed by atoms with Crippen LogP contribution in [0.25, 0.3) is 10.9 Å². The van der Waals surface area contributed by atoms with E-state index in [4.69, 9.17) is 22.9 Å². The predicted octanol–water partition coefficient (Wildman–Crippen LogP) is -2.21.